The second-order valence-corrected chi connectivity index (χ2v) is 12.9. The Kier molecular flexibility index (Phi) is 7.00. The first-order valence-electron chi connectivity index (χ1n) is 15.4. The van der Waals surface area contributed by atoms with Crippen LogP contribution in [-0.2, 0) is 4.74 Å². The zero-order chi connectivity index (χ0) is 29.6. The number of carbonyl (C=O) groups is 1. The van der Waals surface area contributed by atoms with Gasteiger partial charge in [0.1, 0.15) is 17.2 Å². The third-order valence-corrected chi connectivity index (χ3v) is 8.65. The molecular formula is C35H38N6O2. The van der Waals surface area contributed by atoms with Crippen LogP contribution < -0.4 is 0 Å². The third-order valence-electron chi connectivity index (χ3n) is 8.65. The predicted octanol–water partition coefficient (Wildman–Crippen LogP) is 8.41. The van der Waals surface area contributed by atoms with E-state index in [2.05, 4.69) is 68.5 Å². The van der Waals surface area contributed by atoms with Gasteiger partial charge in [0.05, 0.1) is 35.3 Å². The number of likely N-dealkylation sites (tertiary alicyclic amines) is 1. The van der Waals surface area contributed by atoms with Gasteiger partial charge in [0.15, 0.2) is 0 Å². The Labute approximate surface area is 251 Å². The summed E-state index contributed by atoms with van der Waals surface area (Å²) in [5, 5.41) is 1.10. The number of amides is 1. The first-order valence-corrected chi connectivity index (χ1v) is 15.4. The molecule has 1 amide bonds. The number of hydrogen-bond acceptors (Lipinski definition) is 5. The van der Waals surface area contributed by atoms with Gasteiger partial charge >= 0.3 is 6.09 Å². The van der Waals surface area contributed by atoms with Gasteiger partial charge < -0.3 is 14.7 Å². The number of ether oxygens (including phenoxy) is 1. The van der Waals surface area contributed by atoms with E-state index < -0.39 is 5.60 Å². The minimum atomic E-state index is -0.525. The lowest BCUT2D eigenvalue weighted by atomic mass is 10.0. The number of rotatable bonds is 5. The minimum Gasteiger partial charge on any atom is -0.444 e. The molecule has 8 heteroatoms. The summed E-state index contributed by atoms with van der Waals surface area (Å²) in [7, 11) is 0. The highest BCUT2D eigenvalue weighted by Crippen LogP contribution is 2.35. The fourth-order valence-electron chi connectivity index (χ4n) is 6.42. The highest BCUT2D eigenvalue weighted by Gasteiger charge is 2.34. The zero-order valence-corrected chi connectivity index (χ0v) is 25.1. The number of hydrogen-bond donors (Lipinski definition) is 2. The summed E-state index contributed by atoms with van der Waals surface area (Å²) in [5.41, 5.74) is 6.75. The number of aromatic amines is 2. The van der Waals surface area contributed by atoms with Crippen molar-refractivity contribution in [1.29, 1.82) is 0 Å². The van der Waals surface area contributed by atoms with Gasteiger partial charge in [-0.2, -0.15) is 0 Å². The second-order valence-electron chi connectivity index (χ2n) is 12.9. The van der Waals surface area contributed by atoms with Crippen molar-refractivity contribution in [2.75, 3.05) is 6.54 Å². The molecule has 1 atom stereocenters. The molecule has 3 aromatic heterocycles. The quantitative estimate of drug-likeness (QED) is 0.219. The topological polar surface area (TPSA) is 99.8 Å². The second kappa shape index (κ2) is 11.0. The highest BCUT2D eigenvalue weighted by molar-refractivity contribution is 5.87. The molecule has 220 valence electrons. The smallest absolute Gasteiger partial charge is 0.410 e. The van der Waals surface area contributed by atoms with Crippen LogP contribution in [0.3, 0.4) is 0 Å². The number of aromatic nitrogens is 5. The molecule has 1 saturated carbocycles. The highest BCUT2D eigenvalue weighted by atomic mass is 16.6. The lowest BCUT2D eigenvalue weighted by Crippen LogP contribution is -2.36. The van der Waals surface area contributed by atoms with E-state index in [0.29, 0.717) is 12.5 Å². The molecule has 43 heavy (non-hydrogen) atoms. The minimum absolute atomic E-state index is 0.101. The largest absolute Gasteiger partial charge is 0.444 e. The van der Waals surface area contributed by atoms with E-state index in [4.69, 9.17) is 9.72 Å². The Morgan fingerprint density at radius 3 is 2.21 bits per heavy atom. The van der Waals surface area contributed by atoms with Crippen LogP contribution in [0.25, 0.3) is 44.5 Å². The normalized spacial score (nSPS) is 17.7. The molecule has 0 radical (unpaired) electrons. The Bertz CT molecular complexity index is 1760. The van der Waals surface area contributed by atoms with Gasteiger partial charge in [0.2, 0.25) is 0 Å². The molecular weight excluding hydrogens is 536 g/mol. The van der Waals surface area contributed by atoms with E-state index in [9.17, 15) is 4.79 Å². The third kappa shape index (κ3) is 5.66. The Balaban J connectivity index is 1.06. The van der Waals surface area contributed by atoms with Crippen LogP contribution >= 0.6 is 0 Å². The average molecular weight is 575 g/mol. The van der Waals surface area contributed by atoms with Crippen molar-refractivity contribution in [2.45, 2.75) is 76.9 Å². The molecule has 0 spiro atoms. The number of fused-ring (bicyclic) bond motifs is 1. The van der Waals surface area contributed by atoms with E-state index in [1.54, 1.807) is 4.90 Å². The van der Waals surface area contributed by atoms with Crippen LogP contribution in [0.2, 0.25) is 0 Å². The lowest BCUT2D eigenvalue weighted by molar-refractivity contribution is 0.0218. The van der Waals surface area contributed by atoms with Crippen molar-refractivity contribution in [3.8, 4) is 33.6 Å². The van der Waals surface area contributed by atoms with Crippen molar-refractivity contribution in [1.82, 2.24) is 29.8 Å². The summed E-state index contributed by atoms with van der Waals surface area (Å²) in [6.07, 6.45) is 12.3. The molecule has 2 aromatic carbocycles. The molecule has 2 fully saturated rings. The Morgan fingerprint density at radius 1 is 0.767 bits per heavy atom. The van der Waals surface area contributed by atoms with Gasteiger partial charge in [-0.05, 0) is 75.3 Å². The van der Waals surface area contributed by atoms with Gasteiger partial charge in [0, 0.05) is 29.6 Å². The Morgan fingerprint density at radius 2 is 1.44 bits per heavy atom. The van der Waals surface area contributed by atoms with E-state index in [1.165, 1.54) is 25.7 Å². The van der Waals surface area contributed by atoms with Crippen LogP contribution in [0.15, 0.2) is 67.1 Å². The molecule has 4 heterocycles. The van der Waals surface area contributed by atoms with Crippen LogP contribution in [0, 0.1) is 0 Å². The zero-order valence-electron chi connectivity index (χ0n) is 25.1. The number of pyridine rings is 1. The number of nitrogens with zero attached hydrogens (tertiary/aromatic N) is 4. The van der Waals surface area contributed by atoms with Crippen LogP contribution in [-0.4, -0.2) is 48.1 Å². The molecule has 2 aliphatic rings. The van der Waals surface area contributed by atoms with Crippen molar-refractivity contribution in [3.05, 3.63) is 78.8 Å². The van der Waals surface area contributed by atoms with Gasteiger partial charge in [-0.1, -0.05) is 49.2 Å². The first-order chi connectivity index (χ1) is 20.8. The molecule has 1 aliphatic heterocycles. The van der Waals surface area contributed by atoms with E-state index in [0.717, 1.165) is 69.0 Å². The molecule has 8 nitrogen and oxygen atoms in total. The van der Waals surface area contributed by atoms with E-state index in [1.807, 2.05) is 39.4 Å². The summed E-state index contributed by atoms with van der Waals surface area (Å²) in [4.78, 5) is 35.7. The summed E-state index contributed by atoms with van der Waals surface area (Å²) >= 11 is 0. The summed E-state index contributed by atoms with van der Waals surface area (Å²) in [6, 6.07) is 17.0. The van der Waals surface area contributed by atoms with Crippen molar-refractivity contribution in [2.24, 2.45) is 0 Å². The summed E-state index contributed by atoms with van der Waals surface area (Å²) in [5.74, 6) is 2.47. The molecule has 5 aromatic rings. The van der Waals surface area contributed by atoms with Gasteiger partial charge in [0.25, 0.3) is 0 Å². The van der Waals surface area contributed by atoms with Crippen LogP contribution in [0.1, 0.15) is 82.9 Å². The fourth-order valence-corrected chi connectivity index (χ4v) is 6.42. The molecule has 1 unspecified atom stereocenters. The SMILES string of the molecule is CC(C)(C)OC(=O)N1CCCC1c1ncc(-c2ccc(-c3ccc4cc(-c5cnc(C6CCCC6)[nH]5)cnc4c3)cc2)[nH]1. The van der Waals surface area contributed by atoms with Gasteiger partial charge in [-0.3, -0.25) is 9.88 Å². The maximum Gasteiger partial charge on any atom is 0.410 e. The number of benzene rings is 2. The maximum absolute atomic E-state index is 12.8. The molecule has 1 saturated heterocycles. The average Bonchev–Trinajstić information content (AvgIpc) is 3.82. The van der Waals surface area contributed by atoms with E-state index in [-0.39, 0.29) is 12.1 Å². The number of carbonyl (C=O) groups excluding carboxylic acids is 1. The van der Waals surface area contributed by atoms with Gasteiger partial charge in [-0.25, -0.2) is 14.8 Å². The van der Waals surface area contributed by atoms with Crippen molar-refractivity contribution >= 4 is 17.0 Å². The molecule has 7 rings (SSSR count). The summed E-state index contributed by atoms with van der Waals surface area (Å²) in [6.45, 7) is 6.35. The maximum atomic E-state index is 12.8. The standard InChI is InChI=1S/C35H38N6O2/c1-35(2,3)43-34(42)41-16-6-9-31(41)33-38-20-29(40-33)23-12-10-22(11-13-23)25-14-15-26-17-27(19-36-28(26)18-25)30-21-37-32(39-30)24-7-4-5-8-24/h10-15,17-21,24,31H,4-9,16H2,1-3H3,(H,37,39)(H,38,40). The number of H-pyrrole nitrogens is 2. The fraction of sp³-hybridized carbons (Fsp3) is 0.371. The molecule has 2 N–H and O–H groups in total. The summed E-state index contributed by atoms with van der Waals surface area (Å²) < 4.78 is 5.63. The molecule has 1 aliphatic carbocycles. The van der Waals surface area contributed by atoms with E-state index >= 15 is 0 Å². The van der Waals surface area contributed by atoms with Crippen LogP contribution in [0.4, 0.5) is 4.79 Å². The monoisotopic (exact) mass is 574 g/mol. The number of nitrogens with one attached hydrogen (secondary N) is 2. The van der Waals surface area contributed by atoms with Crippen molar-refractivity contribution < 1.29 is 9.53 Å². The first kappa shape index (κ1) is 27.4. The van der Waals surface area contributed by atoms with Crippen LogP contribution in [0.5, 0.6) is 0 Å². The predicted molar refractivity (Wildman–Crippen MR) is 168 cm³/mol. The van der Waals surface area contributed by atoms with Gasteiger partial charge in [-0.15, -0.1) is 0 Å². The Hall–Kier alpha value is -4.46. The van der Waals surface area contributed by atoms with Crippen molar-refractivity contribution in [3.63, 3.8) is 0 Å². The number of imidazole rings is 2. The molecule has 0 bridgehead atoms. The lowest BCUT2D eigenvalue weighted by Gasteiger charge is -2.27.